The molecule has 0 aromatic carbocycles. The van der Waals surface area contributed by atoms with E-state index < -0.39 is 10.0 Å². The molecule has 3 N–H and O–H groups in total. The molecule has 0 atom stereocenters. The number of amides is 1. The molecule has 0 saturated heterocycles. The second-order valence-corrected chi connectivity index (χ2v) is 7.67. The lowest BCUT2D eigenvalue weighted by molar-refractivity contribution is 0.0959. The van der Waals surface area contributed by atoms with Crippen LogP contribution in [0.5, 0.6) is 0 Å². The lowest BCUT2D eigenvalue weighted by Gasteiger charge is -2.06. The quantitative estimate of drug-likeness (QED) is 0.806. The van der Waals surface area contributed by atoms with E-state index in [4.69, 9.17) is 5.14 Å². The molecule has 1 heterocycles. The molecule has 0 aliphatic carbocycles. The van der Waals surface area contributed by atoms with Crippen LogP contribution in [0.2, 0.25) is 0 Å². The number of rotatable bonds is 6. The normalized spacial score (nSPS) is 11.8. The molecule has 0 bridgehead atoms. The van der Waals surface area contributed by atoms with Crippen LogP contribution in [-0.4, -0.2) is 31.6 Å². The molecule has 1 aromatic rings. The fourth-order valence-electron chi connectivity index (χ4n) is 1.56. The van der Waals surface area contributed by atoms with Crippen molar-refractivity contribution in [1.29, 1.82) is 0 Å². The molecule has 1 rings (SSSR count). The predicted octanol–water partition coefficient (Wildman–Crippen LogP) is 0.668. The van der Waals surface area contributed by atoms with Gasteiger partial charge in [0.25, 0.3) is 5.91 Å². The maximum Gasteiger partial charge on any atom is 0.263 e. The Kier molecular flexibility index (Phi) is 5.45. The molecule has 0 saturated carbocycles. The molecule has 0 radical (unpaired) electrons. The maximum atomic E-state index is 12.0. The van der Waals surface area contributed by atoms with Crippen molar-refractivity contribution >= 4 is 27.3 Å². The minimum atomic E-state index is -3.55. The highest BCUT2D eigenvalue weighted by Crippen LogP contribution is 2.20. The lowest BCUT2D eigenvalue weighted by atomic mass is 10.1. The molecule has 1 amide bonds. The van der Waals surface area contributed by atoms with Crippen molar-refractivity contribution < 1.29 is 13.2 Å². The summed E-state index contributed by atoms with van der Waals surface area (Å²) in [7, 11) is -3.55. The molecule has 1 aromatic heterocycles. The van der Waals surface area contributed by atoms with Crippen LogP contribution in [0.3, 0.4) is 0 Å². The maximum absolute atomic E-state index is 12.0. The van der Waals surface area contributed by atoms with Crippen molar-refractivity contribution in [2.75, 3.05) is 12.3 Å². The number of aryl methyl sites for hydroxylation is 1. The van der Waals surface area contributed by atoms with Gasteiger partial charge in [0.2, 0.25) is 10.0 Å². The summed E-state index contributed by atoms with van der Waals surface area (Å²) in [5.74, 6) is -0.155. The number of nitrogens with zero attached hydrogens (tertiary/aromatic N) is 1. The van der Waals surface area contributed by atoms with Gasteiger partial charge in [-0.1, -0.05) is 13.8 Å². The van der Waals surface area contributed by atoms with Gasteiger partial charge in [-0.15, -0.1) is 11.3 Å². The average Bonchev–Trinajstić information content (AvgIpc) is 2.56. The molecule has 108 valence electrons. The third-order valence-electron chi connectivity index (χ3n) is 2.28. The number of hydrogen-bond donors (Lipinski definition) is 2. The Morgan fingerprint density at radius 3 is 2.63 bits per heavy atom. The highest BCUT2D eigenvalue weighted by Gasteiger charge is 2.17. The Bertz CT molecular complexity index is 550. The molecular weight excluding hydrogens is 286 g/mol. The zero-order valence-electron chi connectivity index (χ0n) is 11.3. The van der Waals surface area contributed by atoms with E-state index in [-0.39, 0.29) is 18.2 Å². The number of primary sulfonamides is 1. The van der Waals surface area contributed by atoms with Gasteiger partial charge in [0.1, 0.15) is 4.88 Å². The van der Waals surface area contributed by atoms with Crippen LogP contribution in [-0.2, 0) is 16.4 Å². The van der Waals surface area contributed by atoms with Crippen molar-refractivity contribution in [3.63, 3.8) is 0 Å². The molecule has 0 fully saturated rings. The number of nitrogens with two attached hydrogens (primary N) is 1. The van der Waals surface area contributed by atoms with Crippen LogP contribution in [0, 0.1) is 12.8 Å². The Morgan fingerprint density at radius 1 is 1.47 bits per heavy atom. The van der Waals surface area contributed by atoms with Gasteiger partial charge in [-0.3, -0.25) is 4.79 Å². The Balaban J connectivity index is 2.71. The first-order chi connectivity index (χ1) is 8.69. The number of nitrogens with one attached hydrogen (secondary N) is 1. The first kappa shape index (κ1) is 16.1. The Labute approximate surface area is 117 Å². The summed E-state index contributed by atoms with van der Waals surface area (Å²) in [6.07, 6.45) is 0.724. The second kappa shape index (κ2) is 6.44. The highest BCUT2D eigenvalue weighted by atomic mass is 32.2. The van der Waals surface area contributed by atoms with Crippen LogP contribution >= 0.6 is 11.3 Å². The van der Waals surface area contributed by atoms with Crippen molar-refractivity contribution in [2.45, 2.75) is 27.2 Å². The van der Waals surface area contributed by atoms with Crippen molar-refractivity contribution in [3.05, 3.63) is 15.6 Å². The summed E-state index contributed by atoms with van der Waals surface area (Å²) in [4.78, 5) is 16.9. The number of carbonyl (C=O) groups is 1. The number of aromatic nitrogens is 1. The van der Waals surface area contributed by atoms with Gasteiger partial charge in [0.15, 0.2) is 0 Å². The number of hydrogen-bond acceptors (Lipinski definition) is 5. The summed E-state index contributed by atoms with van der Waals surface area (Å²) < 4.78 is 21.6. The first-order valence-electron chi connectivity index (χ1n) is 5.94. The van der Waals surface area contributed by atoms with E-state index in [1.54, 1.807) is 0 Å². The molecule has 0 unspecified atom stereocenters. The van der Waals surface area contributed by atoms with Gasteiger partial charge in [-0.25, -0.2) is 18.5 Å². The fourth-order valence-corrected chi connectivity index (χ4v) is 2.81. The molecule has 0 aliphatic heterocycles. The zero-order valence-corrected chi connectivity index (χ0v) is 12.9. The average molecular weight is 305 g/mol. The van der Waals surface area contributed by atoms with Gasteiger partial charge in [0, 0.05) is 6.54 Å². The molecular formula is C11H19N3O3S2. The van der Waals surface area contributed by atoms with Gasteiger partial charge < -0.3 is 5.32 Å². The van der Waals surface area contributed by atoms with Gasteiger partial charge in [-0.2, -0.15) is 0 Å². The Hall–Kier alpha value is -0.990. The Morgan fingerprint density at radius 2 is 2.11 bits per heavy atom. The molecule has 0 aliphatic rings. The van der Waals surface area contributed by atoms with E-state index in [1.165, 1.54) is 11.3 Å². The lowest BCUT2D eigenvalue weighted by Crippen LogP contribution is -2.31. The van der Waals surface area contributed by atoms with Crippen LogP contribution in [0.1, 0.15) is 34.2 Å². The topological polar surface area (TPSA) is 102 Å². The second-order valence-electron chi connectivity index (χ2n) is 4.73. The van der Waals surface area contributed by atoms with E-state index in [1.807, 2.05) is 6.92 Å². The first-order valence-corrected chi connectivity index (χ1v) is 8.47. The third-order valence-corrected chi connectivity index (χ3v) is 4.07. The minimum absolute atomic E-state index is 0.00966. The van der Waals surface area contributed by atoms with Crippen molar-refractivity contribution in [1.82, 2.24) is 10.3 Å². The SMILES string of the molecule is Cc1nc(CC(C)C)c(C(=O)NCCS(N)(=O)=O)s1. The predicted molar refractivity (Wildman–Crippen MR) is 75.7 cm³/mol. The van der Waals surface area contributed by atoms with E-state index in [9.17, 15) is 13.2 Å². The highest BCUT2D eigenvalue weighted by molar-refractivity contribution is 7.89. The van der Waals surface area contributed by atoms with Crippen molar-refractivity contribution in [3.8, 4) is 0 Å². The summed E-state index contributed by atoms with van der Waals surface area (Å²) in [5.41, 5.74) is 0.769. The van der Waals surface area contributed by atoms with E-state index in [2.05, 4.69) is 24.1 Å². The van der Waals surface area contributed by atoms with Crippen LogP contribution in [0.15, 0.2) is 0 Å². The zero-order chi connectivity index (χ0) is 14.6. The van der Waals surface area contributed by atoms with Gasteiger partial charge in [-0.05, 0) is 19.3 Å². The van der Waals surface area contributed by atoms with E-state index in [0.717, 1.165) is 17.1 Å². The number of sulfonamides is 1. The molecule has 0 spiro atoms. The summed E-state index contributed by atoms with van der Waals surface area (Å²) in [5, 5.41) is 8.25. The van der Waals surface area contributed by atoms with Crippen LogP contribution < -0.4 is 10.5 Å². The number of carbonyl (C=O) groups excluding carboxylic acids is 1. The molecule has 8 heteroatoms. The molecule has 19 heavy (non-hydrogen) atoms. The van der Waals surface area contributed by atoms with E-state index in [0.29, 0.717) is 10.8 Å². The standard InChI is InChI=1S/C11H19N3O3S2/c1-7(2)6-9-10(18-8(3)14-9)11(15)13-4-5-19(12,16)17/h7H,4-6H2,1-3H3,(H,13,15)(H2,12,16,17). The van der Waals surface area contributed by atoms with Gasteiger partial charge >= 0.3 is 0 Å². The minimum Gasteiger partial charge on any atom is -0.350 e. The fraction of sp³-hybridized carbons (Fsp3) is 0.636. The molecule has 6 nitrogen and oxygen atoms in total. The third kappa shape index (κ3) is 5.66. The van der Waals surface area contributed by atoms with Crippen LogP contribution in [0.4, 0.5) is 0 Å². The largest absolute Gasteiger partial charge is 0.350 e. The number of thiazole rings is 1. The van der Waals surface area contributed by atoms with Crippen molar-refractivity contribution in [2.24, 2.45) is 11.1 Å². The summed E-state index contributed by atoms with van der Waals surface area (Å²) in [6, 6.07) is 0. The summed E-state index contributed by atoms with van der Waals surface area (Å²) >= 11 is 1.32. The monoisotopic (exact) mass is 305 g/mol. The van der Waals surface area contributed by atoms with E-state index >= 15 is 0 Å². The summed E-state index contributed by atoms with van der Waals surface area (Å²) in [6.45, 7) is 5.96. The van der Waals surface area contributed by atoms with Gasteiger partial charge in [0.05, 0.1) is 16.5 Å². The smallest absolute Gasteiger partial charge is 0.263 e. The van der Waals surface area contributed by atoms with Crippen LogP contribution in [0.25, 0.3) is 0 Å².